The average molecular weight is 271 g/mol. The van der Waals surface area contributed by atoms with Crippen LogP contribution >= 0.6 is 0 Å². The SMILES string of the molecule is CC(C)N(C(=O)OC(C)(C)C)C(C)(C(=O)O)C1CC1. The number of carboxylic acids is 1. The molecule has 0 saturated heterocycles. The minimum absolute atomic E-state index is 0.0138. The van der Waals surface area contributed by atoms with Crippen molar-refractivity contribution in [2.24, 2.45) is 5.92 Å². The standard InChI is InChI=1S/C14H25NO4/c1-9(2)15(12(18)19-13(3,4)5)14(6,11(16)17)10-7-8-10/h9-10H,7-8H2,1-6H3,(H,16,17). The van der Waals surface area contributed by atoms with Crippen LogP contribution in [0.25, 0.3) is 0 Å². The molecule has 1 rings (SSSR count). The summed E-state index contributed by atoms with van der Waals surface area (Å²) in [7, 11) is 0. The molecule has 1 amide bonds. The van der Waals surface area contributed by atoms with Crippen LogP contribution in [0.1, 0.15) is 54.4 Å². The number of amides is 1. The monoisotopic (exact) mass is 271 g/mol. The van der Waals surface area contributed by atoms with E-state index in [0.29, 0.717) is 0 Å². The van der Waals surface area contributed by atoms with Crippen molar-refractivity contribution in [1.29, 1.82) is 0 Å². The average Bonchev–Trinajstić information content (AvgIpc) is 2.95. The highest BCUT2D eigenvalue weighted by Crippen LogP contribution is 2.44. The summed E-state index contributed by atoms with van der Waals surface area (Å²) < 4.78 is 5.36. The molecule has 0 bridgehead atoms. The van der Waals surface area contributed by atoms with Gasteiger partial charge in [-0.05, 0) is 60.3 Å². The number of carboxylic acid groups (broad SMARTS) is 1. The Kier molecular flexibility index (Phi) is 4.17. The van der Waals surface area contributed by atoms with Gasteiger partial charge in [-0.25, -0.2) is 9.59 Å². The van der Waals surface area contributed by atoms with Gasteiger partial charge in [-0.15, -0.1) is 0 Å². The van der Waals surface area contributed by atoms with Crippen LogP contribution in [0.2, 0.25) is 0 Å². The Bertz CT molecular complexity index is 368. The molecule has 0 aromatic carbocycles. The number of nitrogens with zero attached hydrogens (tertiary/aromatic N) is 1. The summed E-state index contributed by atoms with van der Waals surface area (Å²) in [6, 6.07) is -0.225. The molecule has 0 aromatic heterocycles. The van der Waals surface area contributed by atoms with Gasteiger partial charge in [0.2, 0.25) is 0 Å². The van der Waals surface area contributed by atoms with Crippen molar-refractivity contribution < 1.29 is 19.4 Å². The molecule has 110 valence electrons. The first kappa shape index (κ1) is 15.8. The zero-order valence-corrected chi connectivity index (χ0v) is 12.7. The van der Waals surface area contributed by atoms with E-state index in [0.717, 1.165) is 12.8 Å². The quantitative estimate of drug-likeness (QED) is 0.853. The summed E-state index contributed by atoms with van der Waals surface area (Å²) >= 11 is 0. The van der Waals surface area contributed by atoms with E-state index >= 15 is 0 Å². The van der Waals surface area contributed by atoms with Gasteiger partial charge in [-0.3, -0.25) is 4.90 Å². The van der Waals surface area contributed by atoms with Crippen molar-refractivity contribution in [3.63, 3.8) is 0 Å². The van der Waals surface area contributed by atoms with Crippen LogP contribution in [0, 0.1) is 5.92 Å². The highest BCUT2D eigenvalue weighted by molar-refractivity contribution is 5.85. The molecule has 1 unspecified atom stereocenters. The van der Waals surface area contributed by atoms with Crippen molar-refractivity contribution in [3.05, 3.63) is 0 Å². The zero-order chi connectivity index (χ0) is 15.0. The molecule has 5 nitrogen and oxygen atoms in total. The van der Waals surface area contributed by atoms with E-state index in [2.05, 4.69) is 0 Å². The second kappa shape index (κ2) is 5.02. The van der Waals surface area contributed by atoms with Crippen LogP contribution in [-0.4, -0.2) is 39.3 Å². The maximum absolute atomic E-state index is 12.3. The number of aliphatic carboxylic acids is 1. The number of hydrogen-bond donors (Lipinski definition) is 1. The van der Waals surface area contributed by atoms with E-state index in [4.69, 9.17) is 4.74 Å². The van der Waals surface area contributed by atoms with Gasteiger partial charge in [0.15, 0.2) is 0 Å². The lowest BCUT2D eigenvalue weighted by molar-refractivity contribution is -0.153. The van der Waals surface area contributed by atoms with Crippen LogP contribution in [-0.2, 0) is 9.53 Å². The Hall–Kier alpha value is -1.26. The maximum Gasteiger partial charge on any atom is 0.411 e. The van der Waals surface area contributed by atoms with Crippen molar-refractivity contribution in [1.82, 2.24) is 4.90 Å². The van der Waals surface area contributed by atoms with Gasteiger partial charge in [-0.1, -0.05) is 0 Å². The summed E-state index contributed by atoms with van der Waals surface area (Å²) in [4.78, 5) is 25.4. The smallest absolute Gasteiger partial charge is 0.411 e. The van der Waals surface area contributed by atoms with Gasteiger partial charge < -0.3 is 9.84 Å². The molecule has 1 atom stereocenters. The highest BCUT2D eigenvalue weighted by atomic mass is 16.6. The summed E-state index contributed by atoms with van der Waals surface area (Å²) in [5.41, 5.74) is -1.82. The molecule has 19 heavy (non-hydrogen) atoms. The molecule has 5 heteroatoms. The van der Waals surface area contributed by atoms with Crippen molar-refractivity contribution in [2.75, 3.05) is 0 Å². The molecule has 1 aliphatic carbocycles. The van der Waals surface area contributed by atoms with Gasteiger partial charge in [0.25, 0.3) is 0 Å². The Morgan fingerprint density at radius 2 is 1.68 bits per heavy atom. The van der Waals surface area contributed by atoms with Crippen molar-refractivity contribution >= 4 is 12.1 Å². The van der Waals surface area contributed by atoms with Crippen LogP contribution in [0.3, 0.4) is 0 Å². The topological polar surface area (TPSA) is 66.8 Å². The molecular formula is C14H25NO4. The maximum atomic E-state index is 12.3. The Labute approximate surface area is 114 Å². The van der Waals surface area contributed by atoms with Crippen molar-refractivity contribution in [2.45, 2.75) is 71.6 Å². The van der Waals surface area contributed by atoms with E-state index < -0.39 is 23.2 Å². The largest absolute Gasteiger partial charge is 0.479 e. The predicted octanol–water partition coefficient (Wildman–Crippen LogP) is 2.89. The van der Waals surface area contributed by atoms with Gasteiger partial charge in [0.05, 0.1) is 0 Å². The number of ether oxygens (including phenoxy) is 1. The van der Waals surface area contributed by atoms with E-state index in [-0.39, 0.29) is 12.0 Å². The molecule has 0 heterocycles. The third-order valence-corrected chi connectivity index (χ3v) is 3.41. The third-order valence-electron chi connectivity index (χ3n) is 3.41. The van der Waals surface area contributed by atoms with Gasteiger partial charge >= 0.3 is 12.1 Å². The zero-order valence-electron chi connectivity index (χ0n) is 12.7. The fourth-order valence-corrected chi connectivity index (χ4v) is 2.37. The molecule has 1 saturated carbocycles. The van der Waals surface area contributed by atoms with E-state index in [9.17, 15) is 14.7 Å². The lowest BCUT2D eigenvalue weighted by atomic mass is 9.92. The van der Waals surface area contributed by atoms with E-state index in [1.54, 1.807) is 27.7 Å². The molecular weight excluding hydrogens is 246 g/mol. The number of carbonyl (C=O) groups is 2. The Balaban J connectivity index is 3.05. The summed E-state index contributed by atoms with van der Waals surface area (Å²) in [5, 5.41) is 9.56. The lowest BCUT2D eigenvalue weighted by Gasteiger charge is -2.41. The van der Waals surface area contributed by atoms with Gasteiger partial charge in [0.1, 0.15) is 11.1 Å². The second-order valence-electron chi connectivity index (χ2n) is 6.67. The molecule has 0 aromatic rings. The summed E-state index contributed by atoms with van der Waals surface area (Å²) in [6.07, 6.45) is 1.13. The molecule has 0 radical (unpaired) electrons. The van der Waals surface area contributed by atoms with Crippen LogP contribution < -0.4 is 0 Å². The first-order chi connectivity index (χ1) is 8.50. The number of rotatable bonds is 4. The van der Waals surface area contributed by atoms with Gasteiger partial charge in [0, 0.05) is 6.04 Å². The highest BCUT2D eigenvalue weighted by Gasteiger charge is 2.55. The number of hydrogen-bond acceptors (Lipinski definition) is 3. The molecule has 0 spiro atoms. The van der Waals surface area contributed by atoms with Gasteiger partial charge in [-0.2, -0.15) is 0 Å². The van der Waals surface area contributed by atoms with E-state index in [1.807, 2.05) is 13.8 Å². The third kappa shape index (κ3) is 3.39. The van der Waals surface area contributed by atoms with E-state index in [1.165, 1.54) is 4.90 Å². The molecule has 1 N–H and O–H groups in total. The first-order valence-corrected chi connectivity index (χ1v) is 6.76. The molecule has 0 aliphatic heterocycles. The molecule has 1 aliphatic rings. The minimum Gasteiger partial charge on any atom is -0.479 e. The second-order valence-corrected chi connectivity index (χ2v) is 6.67. The fourth-order valence-electron chi connectivity index (χ4n) is 2.37. The Morgan fingerprint density at radius 3 is 1.95 bits per heavy atom. The molecule has 1 fully saturated rings. The number of carbonyl (C=O) groups excluding carboxylic acids is 1. The van der Waals surface area contributed by atoms with Crippen LogP contribution in [0.5, 0.6) is 0 Å². The summed E-state index contributed by atoms with van der Waals surface area (Å²) in [5.74, 6) is -0.950. The van der Waals surface area contributed by atoms with Crippen LogP contribution in [0.4, 0.5) is 4.79 Å². The normalized spacial score (nSPS) is 18.9. The summed E-state index contributed by atoms with van der Waals surface area (Å²) in [6.45, 7) is 10.6. The van der Waals surface area contributed by atoms with Crippen LogP contribution in [0.15, 0.2) is 0 Å². The lowest BCUT2D eigenvalue weighted by Crippen LogP contribution is -2.60. The first-order valence-electron chi connectivity index (χ1n) is 6.76. The van der Waals surface area contributed by atoms with Crippen molar-refractivity contribution in [3.8, 4) is 0 Å². The predicted molar refractivity (Wildman–Crippen MR) is 72.0 cm³/mol. The Morgan fingerprint density at radius 1 is 1.21 bits per heavy atom. The minimum atomic E-state index is -1.18. The fraction of sp³-hybridized carbons (Fsp3) is 0.857.